The number of allylic oxidation sites excluding steroid dienone is 5. The van der Waals surface area contributed by atoms with Crippen LogP contribution in [0, 0.1) is 0 Å². The van der Waals surface area contributed by atoms with Gasteiger partial charge in [0.15, 0.2) is 0 Å². The number of aliphatic hydroxyl groups excluding tert-OH is 1. The number of aliphatic hydroxyl groups is 1. The van der Waals surface area contributed by atoms with Crippen molar-refractivity contribution in [3.8, 4) is 0 Å². The van der Waals surface area contributed by atoms with Crippen molar-refractivity contribution in [2.45, 2.75) is 64.4 Å². The van der Waals surface area contributed by atoms with Gasteiger partial charge in [0.25, 0.3) is 0 Å². The Kier molecular flexibility index (Phi) is 13.1. The summed E-state index contributed by atoms with van der Waals surface area (Å²) >= 11 is 0. The molecule has 0 aliphatic carbocycles. The Bertz CT molecular complexity index is 316. The quantitative estimate of drug-likeness (QED) is 0.319. The maximum Gasteiger partial charge on any atom is 0.303 e. The SMILES string of the molecule is CCCCCC(O)/C=C/C=C/C/C=C\CCCC(=O)O. The fourth-order valence-corrected chi connectivity index (χ4v) is 1.71. The number of hydrogen-bond donors (Lipinski definition) is 2. The van der Waals surface area contributed by atoms with E-state index in [1.54, 1.807) is 0 Å². The number of aliphatic carboxylic acids is 1. The van der Waals surface area contributed by atoms with Gasteiger partial charge >= 0.3 is 5.97 Å². The number of carboxylic acids is 1. The highest BCUT2D eigenvalue weighted by Crippen LogP contribution is 2.04. The molecule has 0 aromatic carbocycles. The van der Waals surface area contributed by atoms with Gasteiger partial charge in [0, 0.05) is 6.42 Å². The van der Waals surface area contributed by atoms with Gasteiger partial charge in [0.05, 0.1) is 6.10 Å². The summed E-state index contributed by atoms with van der Waals surface area (Å²) in [6, 6.07) is 0. The zero-order valence-corrected chi connectivity index (χ0v) is 12.5. The third-order valence-electron chi connectivity index (χ3n) is 2.88. The molecular formula is C17H28O3. The normalized spacial score (nSPS) is 13.7. The van der Waals surface area contributed by atoms with Crippen LogP contribution in [-0.2, 0) is 4.79 Å². The van der Waals surface area contributed by atoms with Crippen molar-refractivity contribution in [2.75, 3.05) is 0 Å². The van der Waals surface area contributed by atoms with Crippen LogP contribution in [0.5, 0.6) is 0 Å². The maximum atomic E-state index is 10.3. The summed E-state index contributed by atoms with van der Waals surface area (Å²) < 4.78 is 0. The van der Waals surface area contributed by atoms with Crippen LogP contribution in [0.1, 0.15) is 58.3 Å². The largest absolute Gasteiger partial charge is 0.481 e. The van der Waals surface area contributed by atoms with E-state index in [0.717, 1.165) is 25.7 Å². The van der Waals surface area contributed by atoms with Crippen LogP contribution < -0.4 is 0 Å². The van der Waals surface area contributed by atoms with Crippen molar-refractivity contribution in [1.82, 2.24) is 0 Å². The molecule has 114 valence electrons. The Morgan fingerprint density at radius 3 is 2.60 bits per heavy atom. The third kappa shape index (κ3) is 14.7. The lowest BCUT2D eigenvalue weighted by atomic mass is 10.1. The molecule has 0 fully saturated rings. The molecule has 0 aromatic heterocycles. The van der Waals surface area contributed by atoms with Crippen molar-refractivity contribution >= 4 is 5.97 Å². The zero-order chi connectivity index (χ0) is 15.1. The highest BCUT2D eigenvalue weighted by molar-refractivity contribution is 5.66. The van der Waals surface area contributed by atoms with Crippen LogP contribution >= 0.6 is 0 Å². The summed E-state index contributed by atoms with van der Waals surface area (Å²) in [5.74, 6) is -0.735. The van der Waals surface area contributed by atoms with Gasteiger partial charge in [-0.15, -0.1) is 0 Å². The number of rotatable bonds is 12. The summed E-state index contributed by atoms with van der Waals surface area (Å²) in [6.07, 6.45) is 18.2. The van der Waals surface area contributed by atoms with Gasteiger partial charge in [-0.2, -0.15) is 0 Å². The fraction of sp³-hybridized carbons (Fsp3) is 0.588. The molecule has 3 heteroatoms. The molecule has 0 bridgehead atoms. The predicted molar refractivity (Wildman–Crippen MR) is 83.7 cm³/mol. The summed E-state index contributed by atoms with van der Waals surface area (Å²) in [4.78, 5) is 10.3. The van der Waals surface area contributed by atoms with E-state index in [1.807, 2.05) is 36.5 Å². The second-order valence-corrected chi connectivity index (χ2v) is 4.87. The standard InChI is InChI=1S/C17H28O3/c1-2-3-10-13-16(18)14-11-8-6-4-5-7-9-12-15-17(19)20/h5-8,11,14,16,18H,2-4,9-10,12-13,15H2,1H3,(H,19,20)/b7-5-,8-6+,14-11+. The monoisotopic (exact) mass is 280 g/mol. The first-order chi connectivity index (χ1) is 9.66. The minimum absolute atomic E-state index is 0.235. The fourth-order valence-electron chi connectivity index (χ4n) is 1.71. The predicted octanol–water partition coefficient (Wildman–Crippen LogP) is 4.24. The van der Waals surface area contributed by atoms with Crippen LogP contribution in [0.25, 0.3) is 0 Å². The number of carbonyl (C=O) groups is 1. The molecule has 0 spiro atoms. The van der Waals surface area contributed by atoms with Gasteiger partial charge < -0.3 is 10.2 Å². The molecule has 0 heterocycles. The van der Waals surface area contributed by atoms with Gasteiger partial charge in [0.1, 0.15) is 0 Å². The average molecular weight is 280 g/mol. The van der Waals surface area contributed by atoms with Crippen molar-refractivity contribution in [3.63, 3.8) is 0 Å². The molecule has 3 nitrogen and oxygen atoms in total. The lowest BCUT2D eigenvalue weighted by molar-refractivity contribution is -0.137. The molecule has 2 N–H and O–H groups in total. The summed E-state index contributed by atoms with van der Waals surface area (Å²) in [5, 5.41) is 18.1. The van der Waals surface area contributed by atoms with E-state index in [0.29, 0.717) is 6.42 Å². The third-order valence-corrected chi connectivity index (χ3v) is 2.88. The number of hydrogen-bond acceptors (Lipinski definition) is 2. The Morgan fingerprint density at radius 1 is 1.10 bits per heavy atom. The van der Waals surface area contributed by atoms with Crippen LogP contribution in [0.2, 0.25) is 0 Å². The number of carboxylic acid groups (broad SMARTS) is 1. The molecule has 0 aliphatic heterocycles. The van der Waals surface area contributed by atoms with Crippen LogP contribution in [0.4, 0.5) is 0 Å². The van der Waals surface area contributed by atoms with Crippen LogP contribution in [-0.4, -0.2) is 22.3 Å². The summed E-state index contributed by atoms with van der Waals surface area (Å²) in [6.45, 7) is 2.15. The van der Waals surface area contributed by atoms with Crippen molar-refractivity contribution in [3.05, 3.63) is 36.5 Å². The molecule has 0 saturated heterocycles. The first kappa shape index (κ1) is 18.7. The topological polar surface area (TPSA) is 57.5 Å². The van der Waals surface area contributed by atoms with E-state index in [4.69, 9.17) is 5.11 Å². The molecule has 1 unspecified atom stereocenters. The lowest BCUT2D eigenvalue weighted by Gasteiger charge is -2.02. The van der Waals surface area contributed by atoms with E-state index in [9.17, 15) is 9.90 Å². The van der Waals surface area contributed by atoms with Gasteiger partial charge in [-0.05, 0) is 25.7 Å². The van der Waals surface area contributed by atoms with E-state index in [-0.39, 0.29) is 12.5 Å². The van der Waals surface area contributed by atoms with Crippen molar-refractivity contribution in [1.29, 1.82) is 0 Å². The zero-order valence-electron chi connectivity index (χ0n) is 12.5. The minimum Gasteiger partial charge on any atom is -0.481 e. The molecule has 20 heavy (non-hydrogen) atoms. The van der Waals surface area contributed by atoms with Gasteiger partial charge in [-0.25, -0.2) is 0 Å². The molecule has 0 aliphatic rings. The smallest absolute Gasteiger partial charge is 0.303 e. The molecule has 0 rings (SSSR count). The second-order valence-electron chi connectivity index (χ2n) is 4.87. The van der Waals surface area contributed by atoms with Crippen molar-refractivity contribution < 1.29 is 15.0 Å². The highest BCUT2D eigenvalue weighted by atomic mass is 16.4. The molecule has 1 atom stereocenters. The van der Waals surface area contributed by atoms with Gasteiger partial charge in [0.2, 0.25) is 0 Å². The van der Waals surface area contributed by atoms with E-state index < -0.39 is 5.97 Å². The molecule has 0 saturated carbocycles. The first-order valence-electron chi connectivity index (χ1n) is 7.55. The average Bonchev–Trinajstić information content (AvgIpc) is 2.41. The Balaban J connectivity index is 3.54. The number of unbranched alkanes of at least 4 members (excludes halogenated alkanes) is 3. The van der Waals surface area contributed by atoms with Crippen LogP contribution in [0.3, 0.4) is 0 Å². The summed E-state index contributed by atoms with van der Waals surface area (Å²) in [7, 11) is 0. The van der Waals surface area contributed by atoms with Crippen LogP contribution in [0.15, 0.2) is 36.5 Å². The molecular weight excluding hydrogens is 252 g/mol. The van der Waals surface area contributed by atoms with Gasteiger partial charge in [-0.3, -0.25) is 4.79 Å². The summed E-state index contributed by atoms with van der Waals surface area (Å²) in [5.41, 5.74) is 0. The minimum atomic E-state index is -0.735. The molecule has 0 aromatic rings. The lowest BCUT2D eigenvalue weighted by Crippen LogP contribution is -2.00. The van der Waals surface area contributed by atoms with E-state index in [2.05, 4.69) is 6.92 Å². The Morgan fingerprint density at radius 2 is 1.90 bits per heavy atom. The second kappa shape index (κ2) is 14.1. The first-order valence-corrected chi connectivity index (χ1v) is 7.55. The maximum absolute atomic E-state index is 10.3. The van der Waals surface area contributed by atoms with E-state index >= 15 is 0 Å². The molecule has 0 amide bonds. The molecule has 0 radical (unpaired) electrons. The van der Waals surface area contributed by atoms with Gasteiger partial charge in [-0.1, -0.05) is 62.6 Å². The highest BCUT2D eigenvalue weighted by Gasteiger charge is 1.96. The van der Waals surface area contributed by atoms with E-state index in [1.165, 1.54) is 12.8 Å². The van der Waals surface area contributed by atoms with Crippen molar-refractivity contribution in [2.24, 2.45) is 0 Å². The Hall–Kier alpha value is -1.35. The Labute approximate surface area is 122 Å².